The first-order chi connectivity index (χ1) is 10.1. The molecule has 2 aliphatic rings. The molecule has 0 spiro atoms. The molecular weight excluding hydrogens is 262 g/mol. The van der Waals surface area contributed by atoms with Crippen LogP contribution in [0.4, 0.5) is 0 Å². The highest BCUT2D eigenvalue weighted by atomic mass is 16.1. The molecule has 3 atom stereocenters. The van der Waals surface area contributed by atoms with E-state index in [4.69, 9.17) is 0 Å². The zero-order chi connectivity index (χ0) is 14.8. The van der Waals surface area contributed by atoms with E-state index in [9.17, 15) is 4.79 Å². The van der Waals surface area contributed by atoms with Gasteiger partial charge in [-0.3, -0.25) is 9.48 Å². The van der Waals surface area contributed by atoms with Crippen molar-refractivity contribution >= 4 is 5.78 Å². The quantitative estimate of drug-likeness (QED) is 0.927. The number of fused-ring (bicyclic) bond motifs is 1. The van der Waals surface area contributed by atoms with Crippen LogP contribution in [0.15, 0.2) is 12.3 Å². The minimum atomic E-state index is 0.0496. The van der Waals surface area contributed by atoms with Crippen molar-refractivity contribution in [3.05, 3.63) is 18.0 Å². The Morgan fingerprint density at radius 2 is 2.14 bits per heavy atom. The third-order valence-electron chi connectivity index (χ3n) is 5.09. The van der Waals surface area contributed by atoms with Gasteiger partial charge in [0.05, 0.1) is 18.2 Å². The summed E-state index contributed by atoms with van der Waals surface area (Å²) >= 11 is 0. The Balaban J connectivity index is 1.57. The van der Waals surface area contributed by atoms with Gasteiger partial charge in [0.25, 0.3) is 0 Å². The average molecular weight is 289 g/mol. The largest absolute Gasteiger partial charge is 0.304 e. The number of nitrogens with one attached hydrogen (secondary N) is 1. The second-order valence-electron chi connectivity index (χ2n) is 6.97. The highest BCUT2D eigenvalue weighted by Gasteiger charge is 2.34. The summed E-state index contributed by atoms with van der Waals surface area (Å²) in [6.45, 7) is 4.20. The second-order valence-corrected chi connectivity index (χ2v) is 6.97. The van der Waals surface area contributed by atoms with Gasteiger partial charge in [0.15, 0.2) is 5.78 Å². The summed E-state index contributed by atoms with van der Waals surface area (Å²) in [5, 5.41) is 8.11. The van der Waals surface area contributed by atoms with E-state index >= 15 is 0 Å². The SMILES string of the molecule is CC(C)n1ccc(CC(=O)C2CCC3CCCCC3N2)n1. The normalized spacial score (nSPS) is 29.4. The van der Waals surface area contributed by atoms with Crippen LogP contribution in [0.1, 0.15) is 64.1 Å². The Morgan fingerprint density at radius 3 is 2.90 bits per heavy atom. The van der Waals surface area contributed by atoms with Crippen LogP contribution < -0.4 is 5.32 Å². The van der Waals surface area contributed by atoms with Crippen LogP contribution in [0.3, 0.4) is 0 Å². The van der Waals surface area contributed by atoms with E-state index in [1.165, 1.54) is 32.1 Å². The zero-order valence-electron chi connectivity index (χ0n) is 13.2. The fourth-order valence-corrected chi connectivity index (χ4v) is 3.81. The molecule has 0 aromatic carbocycles. The number of Topliss-reactive ketones (excluding diaryl/α,β-unsaturated/α-hetero) is 1. The van der Waals surface area contributed by atoms with Gasteiger partial charge < -0.3 is 5.32 Å². The van der Waals surface area contributed by atoms with Crippen LogP contribution in [0.25, 0.3) is 0 Å². The first-order valence-electron chi connectivity index (χ1n) is 8.46. The highest BCUT2D eigenvalue weighted by molar-refractivity contribution is 5.85. The fraction of sp³-hybridized carbons (Fsp3) is 0.765. The lowest BCUT2D eigenvalue weighted by Gasteiger charge is -2.40. The van der Waals surface area contributed by atoms with Crippen molar-refractivity contribution in [1.29, 1.82) is 0 Å². The van der Waals surface area contributed by atoms with Gasteiger partial charge in [-0.15, -0.1) is 0 Å². The van der Waals surface area contributed by atoms with E-state index in [0.29, 0.717) is 24.3 Å². The molecule has 1 aromatic rings. The topological polar surface area (TPSA) is 46.9 Å². The van der Waals surface area contributed by atoms with E-state index in [2.05, 4.69) is 24.3 Å². The molecule has 1 aromatic heterocycles. The fourth-order valence-electron chi connectivity index (χ4n) is 3.81. The molecule has 3 rings (SSSR count). The molecule has 3 unspecified atom stereocenters. The van der Waals surface area contributed by atoms with Crippen LogP contribution >= 0.6 is 0 Å². The van der Waals surface area contributed by atoms with Gasteiger partial charge in [-0.2, -0.15) is 5.10 Å². The number of rotatable bonds is 4. The number of hydrogen-bond acceptors (Lipinski definition) is 3. The zero-order valence-corrected chi connectivity index (χ0v) is 13.2. The van der Waals surface area contributed by atoms with Crippen LogP contribution in [-0.2, 0) is 11.2 Å². The molecular formula is C17H27N3O. The summed E-state index contributed by atoms with van der Waals surface area (Å²) in [7, 11) is 0. The second kappa shape index (κ2) is 6.30. The number of aromatic nitrogens is 2. The van der Waals surface area contributed by atoms with E-state index in [1.807, 2.05) is 16.9 Å². The molecule has 1 aliphatic heterocycles. The number of carbonyl (C=O) groups excluding carboxylic acids is 1. The third-order valence-corrected chi connectivity index (χ3v) is 5.09. The van der Waals surface area contributed by atoms with Crippen LogP contribution in [0, 0.1) is 5.92 Å². The standard InChI is InChI=1S/C17H27N3O/c1-12(2)20-10-9-14(19-20)11-17(21)16-8-7-13-5-3-4-6-15(13)18-16/h9-10,12-13,15-16,18H,3-8,11H2,1-2H3. The van der Waals surface area contributed by atoms with E-state index in [0.717, 1.165) is 18.0 Å². The summed E-state index contributed by atoms with van der Waals surface area (Å²) in [5.74, 6) is 1.12. The van der Waals surface area contributed by atoms with E-state index in [-0.39, 0.29) is 6.04 Å². The van der Waals surface area contributed by atoms with Crippen LogP contribution in [-0.4, -0.2) is 27.6 Å². The Hall–Kier alpha value is -1.16. The predicted octanol–water partition coefficient (Wildman–Crippen LogP) is 2.89. The maximum Gasteiger partial charge on any atom is 0.155 e. The molecule has 116 valence electrons. The van der Waals surface area contributed by atoms with Gasteiger partial charge in [-0.1, -0.05) is 12.8 Å². The predicted molar refractivity (Wildman–Crippen MR) is 83.2 cm³/mol. The van der Waals surface area contributed by atoms with Crippen molar-refractivity contribution in [3.8, 4) is 0 Å². The lowest BCUT2D eigenvalue weighted by molar-refractivity contribution is -0.121. The van der Waals surface area contributed by atoms with Gasteiger partial charge >= 0.3 is 0 Å². The smallest absolute Gasteiger partial charge is 0.155 e. The Labute approximate surface area is 127 Å². The number of ketones is 1. The van der Waals surface area contributed by atoms with Crippen molar-refractivity contribution < 1.29 is 4.79 Å². The van der Waals surface area contributed by atoms with Crippen LogP contribution in [0.5, 0.6) is 0 Å². The Kier molecular flexibility index (Phi) is 4.43. The number of carbonyl (C=O) groups is 1. The van der Waals surface area contributed by atoms with Gasteiger partial charge in [0, 0.05) is 18.3 Å². The van der Waals surface area contributed by atoms with Crippen molar-refractivity contribution in [2.45, 2.75) is 76.9 Å². The Bertz CT molecular complexity index is 494. The van der Waals surface area contributed by atoms with E-state index < -0.39 is 0 Å². The maximum absolute atomic E-state index is 12.5. The molecule has 0 amide bonds. The summed E-state index contributed by atoms with van der Waals surface area (Å²) in [5.41, 5.74) is 0.904. The average Bonchev–Trinajstić information content (AvgIpc) is 2.95. The number of hydrogen-bond donors (Lipinski definition) is 1. The Morgan fingerprint density at radius 1 is 1.33 bits per heavy atom. The molecule has 1 saturated heterocycles. The van der Waals surface area contributed by atoms with Gasteiger partial charge in [-0.05, 0) is 51.5 Å². The van der Waals surface area contributed by atoms with Crippen molar-refractivity contribution in [2.24, 2.45) is 5.92 Å². The molecule has 1 aliphatic carbocycles. The number of piperidine rings is 1. The molecule has 4 heteroatoms. The summed E-state index contributed by atoms with van der Waals surface area (Å²) in [6.07, 6.45) is 9.93. The monoisotopic (exact) mass is 289 g/mol. The van der Waals surface area contributed by atoms with E-state index in [1.54, 1.807) is 0 Å². The minimum absolute atomic E-state index is 0.0496. The molecule has 2 heterocycles. The molecule has 4 nitrogen and oxygen atoms in total. The third kappa shape index (κ3) is 3.37. The summed E-state index contributed by atoms with van der Waals surface area (Å²) < 4.78 is 1.92. The van der Waals surface area contributed by atoms with Gasteiger partial charge in [0.1, 0.15) is 0 Å². The lowest BCUT2D eigenvalue weighted by Crippen LogP contribution is -2.52. The summed E-state index contributed by atoms with van der Waals surface area (Å²) in [4.78, 5) is 12.5. The first-order valence-corrected chi connectivity index (χ1v) is 8.46. The van der Waals surface area contributed by atoms with Crippen molar-refractivity contribution in [3.63, 3.8) is 0 Å². The first kappa shape index (κ1) is 14.8. The maximum atomic E-state index is 12.5. The summed E-state index contributed by atoms with van der Waals surface area (Å²) in [6, 6.07) is 2.96. The van der Waals surface area contributed by atoms with Gasteiger partial charge in [0.2, 0.25) is 0 Å². The lowest BCUT2D eigenvalue weighted by atomic mass is 9.77. The molecule has 0 radical (unpaired) electrons. The number of nitrogens with zero attached hydrogens (tertiary/aromatic N) is 2. The van der Waals surface area contributed by atoms with Gasteiger partial charge in [-0.25, -0.2) is 0 Å². The van der Waals surface area contributed by atoms with Crippen LogP contribution in [0.2, 0.25) is 0 Å². The highest BCUT2D eigenvalue weighted by Crippen LogP contribution is 2.32. The molecule has 1 saturated carbocycles. The van der Waals surface area contributed by atoms with Crippen molar-refractivity contribution in [1.82, 2.24) is 15.1 Å². The molecule has 1 N–H and O–H groups in total. The molecule has 0 bridgehead atoms. The molecule has 2 fully saturated rings. The van der Waals surface area contributed by atoms with Crippen molar-refractivity contribution in [2.75, 3.05) is 0 Å². The molecule has 21 heavy (non-hydrogen) atoms. The minimum Gasteiger partial charge on any atom is -0.304 e.